The molecule has 31 heavy (non-hydrogen) atoms. The molecule has 0 N–H and O–H groups in total. The number of hydrogen-bond acceptors (Lipinski definition) is 5. The van der Waals surface area contributed by atoms with Crippen LogP contribution in [0.4, 0.5) is 4.39 Å². The number of benzene rings is 2. The Morgan fingerprint density at radius 3 is 2.71 bits per heavy atom. The lowest BCUT2D eigenvalue weighted by atomic mass is 9.98. The summed E-state index contributed by atoms with van der Waals surface area (Å²) in [5.74, 6) is 2.12. The molecular formula is C24H25FN4O2. The predicted molar refractivity (Wildman–Crippen MR) is 115 cm³/mol. The molecule has 1 aliphatic heterocycles. The van der Waals surface area contributed by atoms with Crippen molar-refractivity contribution in [2.75, 3.05) is 26.8 Å². The first-order chi connectivity index (χ1) is 15.1. The van der Waals surface area contributed by atoms with Gasteiger partial charge in [-0.2, -0.15) is 5.26 Å². The lowest BCUT2D eigenvalue weighted by molar-refractivity contribution is 0.125. The van der Waals surface area contributed by atoms with Gasteiger partial charge in [-0.05, 0) is 42.8 Å². The molecule has 0 amide bonds. The first-order valence-electron chi connectivity index (χ1n) is 10.3. The van der Waals surface area contributed by atoms with E-state index in [1.807, 2.05) is 35.9 Å². The number of hydrogen-bond donors (Lipinski definition) is 0. The summed E-state index contributed by atoms with van der Waals surface area (Å²) in [5, 5.41) is 9.07. The smallest absolute Gasteiger partial charge is 0.126 e. The zero-order valence-electron chi connectivity index (χ0n) is 17.7. The number of nitriles is 1. The predicted octanol–water partition coefficient (Wildman–Crippen LogP) is 4.04. The van der Waals surface area contributed by atoms with E-state index in [1.165, 1.54) is 12.1 Å². The van der Waals surface area contributed by atoms with E-state index in [4.69, 9.17) is 14.7 Å². The molecule has 0 unspecified atom stereocenters. The fourth-order valence-corrected chi connectivity index (χ4v) is 3.83. The molecule has 1 aliphatic rings. The molecule has 1 saturated heterocycles. The number of methoxy groups -OCH3 is 1. The van der Waals surface area contributed by atoms with Crippen LogP contribution in [0.3, 0.4) is 0 Å². The van der Waals surface area contributed by atoms with Crippen LogP contribution in [0.2, 0.25) is 0 Å². The Bertz CT molecular complexity index is 1100. The zero-order chi connectivity index (χ0) is 21.8. The fraction of sp³-hybridized carbons (Fsp3) is 0.333. The van der Waals surface area contributed by atoms with E-state index < -0.39 is 0 Å². The van der Waals surface area contributed by atoms with Crippen molar-refractivity contribution in [2.45, 2.75) is 20.0 Å². The van der Waals surface area contributed by atoms with Gasteiger partial charge in [-0.25, -0.2) is 9.37 Å². The summed E-state index contributed by atoms with van der Waals surface area (Å²) in [6.07, 6.45) is 3.71. The standard InChI is InChI=1S/C24H25FN4O2/c1-17-27-7-8-29(17)9-10-31-23-5-3-19(22-12-21(25)4-6-24(22)30-2)11-20(23)16-28-14-18(13-26)15-28/h3-8,11-12,18H,9-10,14-16H2,1-2H3. The van der Waals surface area contributed by atoms with Gasteiger partial charge in [-0.1, -0.05) is 6.07 Å². The van der Waals surface area contributed by atoms with Crippen LogP contribution < -0.4 is 9.47 Å². The Morgan fingerprint density at radius 1 is 1.19 bits per heavy atom. The normalized spacial score (nSPS) is 14.1. The van der Waals surface area contributed by atoms with Gasteiger partial charge in [0.2, 0.25) is 0 Å². The Labute approximate surface area is 181 Å². The largest absolute Gasteiger partial charge is 0.496 e. The molecule has 2 aromatic carbocycles. The van der Waals surface area contributed by atoms with Crippen LogP contribution in [0.5, 0.6) is 11.5 Å². The average molecular weight is 420 g/mol. The molecule has 1 fully saturated rings. The van der Waals surface area contributed by atoms with E-state index in [9.17, 15) is 4.39 Å². The number of aryl methyl sites for hydroxylation is 1. The summed E-state index contributed by atoms with van der Waals surface area (Å²) in [6, 6.07) is 12.7. The van der Waals surface area contributed by atoms with Gasteiger partial charge in [0.25, 0.3) is 0 Å². The summed E-state index contributed by atoms with van der Waals surface area (Å²) < 4.78 is 27.5. The van der Waals surface area contributed by atoms with Gasteiger partial charge >= 0.3 is 0 Å². The second-order valence-corrected chi connectivity index (χ2v) is 7.70. The quantitative estimate of drug-likeness (QED) is 0.550. The third kappa shape index (κ3) is 4.70. The van der Waals surface area contributed by atoms with Crippen molar-refractivity contribution in [3.63, 3.8) is 0 Å². The van der Waals surface area contributed by atoms with Crippen molar-refractivity contribution in [1.82, 2.24) is 14.5 Å². The number of rotatable bonds is 8. The second-order valence-electron chi connectivity index (χ2n) is 7.70. The monoisotopic (exact) mass is 420 g/mol. The summed E-state index contributed by atoms with van der Waals surface area (Å²) in [5.41, 5.74) is 2.56. The lowest BCUT2D eigenvalue weighted by Crippen LogP contribution is -2.45. The van der Waals surface area contributed by atoms with E-state index in [1.54, 1.807) is 19.4 Å². The maximum absolute atomic E-state index is 13.9. The van der Waals surface area contributed by atoms with Crippen LogP contribution in [-0.4, -0.2) is 41.3 Å². The SMILES string of the molecule is COc1ccc(F)cc1-c1ccc(OCCn2ccnc2C)c(CN2CC(C#N)C2)c1. The van der Waals surface area contributed by atoms with Crippen molar-refractivity contribution in [3.8, 4) is 28.7 Å². The summed E-state index contributed by atoms with van der Waals surface area (Å²) in [6.45, 7) is 5.33. The molecule has 7 heteroatoms. The number of halogens is 1. The molecule has 0 aliphatic carbocycles. The maximum Gasteiger partial charge on any atom is 0.126 e. The summed E-state index contributed by atoms with van der Waals surface area (Å²) >= 11 is 0. The van der Waals surface area contributed by atoms with Crippen molar-refractivity contribution in [3.05, 3.63) is 66.0 Å². The molecule has 4 rings (SSSR count). The molecular weight excluding hydrogens is 395 g/mol. The van der Waals surface area contributed by atoms with Crippen molar-refractivity contribution < 1.29 is 13.9 Å². The third-order valence-electron chi connectivity index (χ3n) is 5.58. The molecule has 0 radical (unpaired) electrons. The highest BCUT2D eigenvalue weighted by molar-refractivity contribution is 5.72. The van der Waals surface area contributed by atoms with Gasteiger partial charge in [0.15, 0.2) is 0 Å². The topological polar surface area (TPSA) is 63.3 Å². The Hall–Kier alpha value is -3.37. The number of likely N-dealkylation sites (tertiary alicyclic amines) is 1. The van der Waals surface area contributed by atoms with E-state index in [-0.39, 0.29) is 11.7 Å². The average Bonchev–Trinajstić information content (AvgIpc) is 3.15. The molecule has 2 heterocycles. The minimum atomic E-state index is -0.312. The van der Waals surface area contributed by atoms with Gasteiger partial charge in [-0.3, -0.25) is 4.90 Å². The van der Waals surface area contributed by atoms with Crippen molar-refractivity contribution >= 4 is 0 Å². The zero-order valence-corrected chi connectivity index (χ0v) is 17.7. The number of imidazole rings is 1. The Kier molecular flexibility index (Phi) is 6.19. The van der Waals surface area contributed by atoms with Gasteiger partial charge < -0.3 is 14.0 Å². The van der Waals surface area contributed by atoms with E-state index in [2.05, 4.69) is 16.0 Å². The third-order valence-corrected chi connectivity index (χ3v) is 5.58. The molecule has 1 aromatic heterocycles. The van der Waals surface area contributed by atoms with Crippen LogP contribution >= 0.6 is 0 Å². The number of aromatic nitrogens is 2. The first-order valence-corrected chi connectivity index (χ1v) is 10.3. The van der Waals surface area contributed by atoms with Crippen molar-refractivity contribution in [2.24, 2.45) is 5.92 Å². The van der Waals surface area contributed by atoms with Gasteiger partial charge in [-0.15, -0.1) is 0 Å². The first kappa shape index (κ1) is 20.9. The second kappa shape index (κ2) is 9.19. The minimum absolute atomic E-state index is 0.0834. The minimum Gasteiger partial charge on any atom is -0.496 e. The molecule has 0 saturated carbocycles. The summed E-state index contributed by atoms with van der Waals surface area (Å²) in [7, 11) is 1.58. The highest BCUT2D eigenvalue weighted by atomic mass is 19.1. The van der Waals surface area contributed by atoms with Crippen LogP contribution in [-0.2, 0) is 13.1 Å². The lowest BCUT2D eigenvalue weighted by Gasteiger charge is -2.35. The maximum atomic E-state index is 13.9. The molecule has 0 atom stereocenters. The summed E-state index contributed by atoms with van der Waals surface area (Å²) in [4.78, 5) is 6.44. The Morgan fingerprint density at radius 2 is 2.00 bits per heavy atom. The highest BCUT2D eigenvalue weighted by Gasteiger charge is 2.27. The van der Waals surface area contributed by atoms with Crippen LogP contribution in [0.1, 0.15) is 11.4 Å². The fourth-order valence-electron chi connectivity index (χ4n) is 3.83. The van der Waals surface area contributed by atoms with Crippen LogP contribution in [0.25, 0.3) is 11.1 Å². The number of ether oxygens (including phenoxy) is 2. The molecule has 6 nitrogen and oxygen atoms in total. The molecule has 0 spiro atoms. The van der Waals surface area contributed by atoms with Gasteiger partial charge in [0.1, 0.15) is 29.7 Å². The van der Waals surface area contributed by atoms with Gasteiger partial charge in [0.05, 0.1) is 25.6 Å². The van der Waals surface area contributed by atoms with E-state index in [0.717, 1.165) is 35.8 Å². The highest BCUT2D eigenvalue weighted by Crippen LogP contribution is 2.34. The van der Waals surface area contributed by atoms with Crippen LogP contribution in [0, 0.1) is 30.0 Å². The van der Waals surface area contributed by atoms with Crippen LogP contribution in [0.15, 0.2) is 48.8 Å². The van der Waals surface area contributed by atoms with E-state index >= 15 is 0 Å². The van der Waals surface area contributed by atoms with Crippen molar-refractivity contribution in [1.29, 1.82) is 5.26 Å². The molecule has 3 aromatic rings. The molecule has 0 bridgehead atoms. The Balaban J connectivity index is 1.57. The van der Waals surface area contributed by atoms with Gasteiger partial charge in [0, 0.05) is 43.2 Å². The molecule has 160 valence electrons. The number of nitrogens with zero attached hydrogens (tertiary/aromatic N) is 4. The van der Waals surface area contributed by atoms with E-state index in [0.29, 0.717) is 31.0 Å².